The van der Waals surface area contributed by atoms with Crippen molar-refractivity contribution in [2.75, 3.05) is 5.32 Å². The fraction of sp³-hybridized carbons (Fsp3) is 0.154. The number of aliphatic hydroxyl groups is 1. The van der Waals surface area contributed by atoms with Crippen LogP contribution in [0.2, 0.25) is 0 Å². The average molecular weight is 270 g/mol. The Bertz CT molecular complexity index is 690. The normalized spacial score (nSPS) is 19.1. The standard InChI is InChI=1S/C13H14N6O/c1-7-6-10(19-18-7)11(14)16-12-8-4-2-3-5-9(8)15-13(20)17-12/h2-6,13,15,20H,1H3,(H,18,19)(H2,14,16,17). The van der Waals surface area contributed by atoms with Crippen LogP contribution < -0.4 is 10.6 Å². The number of aromatic amines is 1. The van der Waals surface area contributed by atoms with Crippen LogP contribution in [0.4, 0.5) is 5.69 Å². The van der Waals surface area contributed by atoms with E-state index in [2.05, 4.69) is 25.8 Å². The van der Waals surface area contributed by atoms with E-state index < -0.39 is 6.35 Å². The molecule has 0 bridgehead atoms. The number of aliphatic hydroxyl groups excluding tert-OH is 1. The molecule has 1 aliphatic rings. The highest BCUT2D eigenvalue weighted by Crippen LogP contribution is 2.19. The van der Waals surface area contributed by atoms with Crippen molar-refractivity contribution < 1.29 is 5.11 Å². The number of hydrogen-bond acceptors (Lipinski definition) is 4. The third kappa shape index (κ3) is 2.26. The molecule has 7 heteroatoms. The summed E-state index contributed by atoms with van der Waals surface area (Å²) in [6.07, 6.45) is -0.933. The van der Waals surface area contributed by atoms with Gasteiger partial charge in [0, 0.05) is 16.9 Å². The number of benzene rings is 1. The van der Waals surface area contributed by atoms with E-state index in [0.717, 1.165) is 16.9 Å². The van der Waals surface area contributed by atoms with Gasteiger partial charge in [-0.05, 0) is 25.1 Å². The van der Waals surface area contributed by atoms with E-state index in [1.165, 1.54) is 0 Å². The van der Waals surface area contributed by atoms with E-state index in [9.17, 15) is 5.11 Å². The van der Waals surface area contributed by atoms with E-state index >= 15 is 0 Å². The van der Waals surface area contributed by atoms with Gasteiger partial charge in [-0.2, -0.15) is 5.10 Å². The smallest absolute Gasteiger partial charge is 0.204 e. The van der Waals surface area contributed by atoms with Gasteiger partial charge in [0.1, 0.15) is 11.5 Å². The molecule has 1 unspecified atom stereocenters. The molecule has 0 fully saturated rings. The van der Waals surface area contributed by atoms with Gasteiger partial charge < -0.3 is 15.7 Å². The molecular formula is C13H14N6O. The SMILES string of the molecule is Cc1cc(C(=N)/N=C2\NC(O)Nc3ccccc32)n[nH]1. The zero-order valence-electron chi connectivity index (χ0n) is 10.8. The van der Waals surface area contributed by atoms with Crippen molar-refractivity contribution in [3.05, 3.63) is 47.3 Å². The number of nitrogens with zero attached hydrogens (tertiary/aromatic N) is 2. The molecule has 1 aromatic heterocycles. The Morgan fingerprint density at radius 2 is 2.15 bits per heavy atom. The van der Waals surface area contributed by atoms with Crippen LogP contribution in [0.25, 0.3) is 0 Å². The summed E-state index contributed by atoms with van der Waals surface area (Å²) in [5, 5.41) is 30.1. The van der Waals surface area contributed by atoms with Crippen molar-refractivity contribution in [1.82, 2.24) is 15.5 Å². The van der Waals surface area contributed by atoms with Crippen molar-refractivity contribution in [2.24, 2.45) is 4.99 Å². The molecule has 1 aliphatic heterocycles. The highest BCUT2D eigenvalue weighted by Gasteiger charge is 2.20. The van der Waals surface area contributed by atoms with Crippen LogP contribution in [0.5, 0.6) is 0 Å². The fourth-order valence-corrected chi connectivity index (χ4v) is 2.01. The Morgan fingerprint density at radius 1 is 1.35 bits per heavy atom. The van der Waals surface area contributed by atoms with Crippen LogP contribution in [-0.2, 0) is 0 Å². The number of aryl methyl sites for hydroxylation is 1. The number of amidine groups is 2. The number of H-pyrrole nitrogens is 1. The number of nitrogens with one attached hydrogen (secondary N) is 4. The predicted molar refractivity (Wildman–Crippen MR) is 75.9 cm³/mol. The van der Waals surface area contributed by atoms with Gasteiger partial charge in [0.2, 0.25) is 6.35 Å². The van der Waals surface area contributed by atoms with Gasteiger partial charge in [0.25, 0.3) is 0 Å². The molecule has 2 heterocycles. The van der Waals surface area contributed by atoms with Crippen LogP contribution >= 0.6 is 0 Å². The van der Waals surface area contributed by atoms with Gasteiger partial charge in [0.05, 0.1) is 0 Å². The minimum atomic E-state index is -0.933. The molecule has 3 rings (SSSR count). The lowest BCUT2D eigenvalue weighted by Gasteiger charge is -2.26. The van der Waals surface area contributed by atoms with Gasteiger partial charge in [-0.15, -0.1) is 0 Å². The van der Waals surface area contributed by atoms with Crippen molar-refractivity contribution >= 4 is 17.4 Å². The summed E-state index contributed by atoms with van der Waals surface area (Å²) < 4.78 is 0. The maximum absolute atomic E-state index is 9.72. The number of para-hydroxylation sites is 1. The molecule has 5 N–H and O–H groups in total. The van der Waals surface area contributed by atoms with E-state index in [1.54, 1.807) is 6.07 Å². The van der Waals surface area contributed by atoms with Crippen molar-refractivity contribution in [1.29, 1.82) is 5.41 Å². The molecular weight excluding hydrogens is 256 g/mol. The Balaban J connectivity index is 1.97. The second-order valence-electron chi connectivity index (χ2n) is 4.48. The lowest BCUT2D eigenvalue weighted by molar-refractivity contribution is 0.187. The monoisotopic (exact) mass is 270 g/mol. The molecule has 0 radical (unpaired) electrons. The van der Waals surface area contributed by atoms with Crippen LogP contribution in [0.1, 0.15) is 17.0 Å². The Kier molecular flexibility index (Phi) is 2.96. The van der Waals surface area contributed by atoms with Crippen LogP contribution in [0.3, 0.4) is 0 Å². The molecule has 0 amide bonds. The summed E-state index contributed by atoms with van der Waals surface area (Å²) in [4.78, 5) is 4.22. The minimum Gasteiger partial charge on any atom is -0.357 e. The first-order valence-corrected chi connectivity index (χ1v) is 6.13. The zero-order valence-corrected chi connectivity index (χ0v) is 10.8. The Labute approximate surface area is 115 Å². The maximum atomic E-state index is 9.72. The largest absolute Gasteiger partial charge is 0.357 e. The summed E-state index contributed by atoms with van der Waals surface area (Å²) in [6, 6.07) is 9.19. The lowest BCUT2D eigenvalue weighted by atomic mass is 10.1. The summed E-state index contributed by atoms with van der Waals surface area (Å²) in [6.45, 7) is 1.86. The van der Waals surface area contributed by atoms with Gasteiger partial charge in [0.15, 0.2) is 5.84 Å². The zero-order chi connectivity index (χ0) is 14.1. The van der Waals surface area contributed by atoms with E-state index in [1.807, 2.05) is 31.2 Å². The average Bonchev–Trinajstić information content (AvgIpc) is 2.85. The highest BCUT2D eigenvalue weighted by molar-refractivity contribution is 6.12. The molecule has 7 nitrogen and oxygen atoms in total. The fourth-order valence-electron chi connectivity index (χ4n) is 2.01. The Morgan fingerprint density at radius 3 is 2.90 bits per heavy atom. The van der Waals surface area contributed by atoms with Gasteiger partial charge in [-0.25, -0.2) is 4.99 Å². The Hall–Kier alpha value is -2.67. The molecule has 20 heavy (non-hydrogen) atoms. The van der Waals surface area contributed by atoms with E-state index in [0.29, 0.717) is 11.5 Å². The molecule has 0 aliphatic carbocycles. The summed E-state index contributed by atoms with van der Waals surface area (Å²) in [5.74, 6) is 0.471. The van der Waals surface area contributed by atoms with Gasteiger partial charge >= 0.3 is 0 Å². The first kappa shape index (κ1) is 12.4. The first-order chi connectivity index (χ1) is 9.63. The lowest BCUT2D eigenvalue weighted by Crippen LogP contribution is -2.45. The molecule has 0 saturated heterocycles. The number of aromatic nitrogens is 2. The van der Waals surface area contributed by atoms with E-state index in [-0.39, 0.29) is 5.84 Å². The quantitative estimate of drug-likeness (QED) is 0.389. The highest BCUT2D eigenvalue weighted by atomic mass is 16.3. The third-order valence-corrected chi connectivity index (χ3v) is 2.92. The number of rotatable bonds is 1. The first-order valence-electron chi connectivity index (χ1n) is 6.13. The third-order valence-electron chi connectivity index (χ3n) is 2.92. The van der Waals surface area contributed by atoms with Crippen molar-refractivity contribution in [3.63, 3.8) is 0 Å². The maximum Gasteiger partial charge on any atom is 0.204 e. The number of anilines is 1. The molecule has 1 aromatic carbocycles. The molecule has 102 valence electrons. The minimum absolute atomic E-state index is 0.0285. The second-order valence-corrected chi connectivity index (χ2v) is 4.48. The molecule has 2 aromatic rings. The summed E-state index contributed by atoms with van der Waals surface area (Å²) >= 11 is 0. The van der Waals surface area contributed by atoms with Gasteiger partial charge in [-0.1, -0.05) is 12.1 Å². The summed E-state index contributed by atoms with van der Waals surface area (Å²) in [7, 11) is 0. The topological polar surface area (TPSA) is 109 Å². The number of fused-ring (bicyclic) bond motifs is 1. The van der Waals surface area contributed by atoms with E-state index in [4.69, 9.17) is 5.41 Å². The van der Waals surface area contributed by atoms with Crippen LogP contribution in [0.15, 0.2) is 35.3 Å². The van der Waals surface area contributed by atoms with Crippen LogP contribution in [-0.4, -0.2) is 33.3 Å². The predicted octanol–water partition coefficient (Wildman–Crippen LogP) is 0.781. The number of hydrogen-bond donors (Lipinski definition) is 5. The van der Waals surface area contributed by atoms with Gasteiger partial charge in [-0.3, -0.25) is 10.5 Å². The molecule has 0 spiro atoms. The van der Waals surface area contributed by atoms with Crippen molar-refractivity contribution in [2.45, 2.75) is 13.3 Å². The summed E-state index contributed by atoms with van der Waals surface area (Å²) in [5.41, 5.74) is 2.89. The van der Waals surface area contributed by atoms with Crippen molar-refractivity contribution in [3.8, 4) is 0 Å². The number of aliphatic imine (C=N–C) groups is 1. The molecule has 0 saturated carbocycles. The second kappa shape index (κ2) is 4.78. The van der Waals surface area contributed by atoms with Crippen LogP contribution in [0, 0.1) is 12.3 Å². The molecule has 1 atom stereocenters.